The molecule has 0 unspecified atom stereocenters. The third kappa shape index (κ3) is 4.45. The first-order valence-corrected chi connectivity index (χ1v) is 8.66. The predicted octanol–water partition coefficient (Wildman–Crippen LogP) is 3.39. The summed E-state index contributed by atoms with van der Waals surface area (Å²) in [5.41, 5.74) is 1.19. The number of hydrogen-bond acceptors (Lipinski definition) is 5. The molecule has 0 saturated carbocycles. The van der Waals surface area contributed by atoms with E-state index in [2.05, 4.69) is 32.9 Å². The Morgan fingerprint density at radius 2 is 2.04 bits per heavy atom. The number of piperazine rings is 1. The van der Waals surface area contributed by atoms with Gasteiger partial charge in [0.1, 0.15) is 0 Å². The van der Waals surface area contributed by atoms with E-state index < -0.39 is 0 Å². The summed E-state index contributed by atoms with van der Waals surface area (Å²) >= 11 is 6.07. The van der Waals surface area contributed by atoms with Gasteiger partial charge in [-0.2, -0.15) is 4.98 Å². The first-order chi connectivity index (χ1) is 11.2. The van der Waals surface area contributed by atoms with Crippen LogP contribution < -0.4 is 4.90 Å². The van der Waals surface area contributed by atoms with E-state index in [1.165, 1.54) is 5.69 Å². The number of nitrogens with zero attached hydrogens (tertiary/aromatic N) is 4. The Morgan fingerprint density at radius 3 is 2.78 bits per heavy atom. The maximum absolute atomic E-state index is 6.07. The summed E-state index contributed by atoms with van der Waals surface area (Å²) in [5, 5.41) is 4.84. The highest BCUT2D eigenvalue weighted by Gasteiger charge is 2.19. The van der Waals surface area contributed by atoms with Gasteiger partial charge in [-0.3, -0.25) is 4.90 Å². The molecule has 5 nitrogen and oxygen atoms in total. The van der Waals surface area contributed by atoms with Gasteiger partial charge in [0.05, 0.1) is 6.54 Å². The first kappa shape index (κ1) is 16.3. The second kappa shape index (κ2) is 7.79. The van der Waals surface area contributed by atoms with E-state index in [1.54, 1.807) is 0 Å². The van der Waals surface area contributed by atoms with E-state index >= 15 is 0 Å². The van der Waals surface area contributed by atoms with Gasteiger partial charge in [-0.05, 0) is 24.6 Å². The minimum Gasteiger partial charge on any atom is -0.369 e. The van der Waals surface area contributed by atoms with E-state index in [9.17, 15) is 0 Å². The Morgan fingerprint density at radius 1 is 1.22 bits per heavy atom. The van der Waals surface area contributed by atoms with Crippen LogP contribution in [0.5, 0.6) is 0 Å². The van der Waals surface area contributed by atoms with Crippen molar-refractivity contribution < 1.29 is 4.52 Å². The Balaban J connectivity index is 1.50. The number of halogens is 1. The Kier molecular flexibility index (Phi) is 5.51. The highest BCUT2D eigenvalue weighted by molar-refractivity contribution is 6.30. The van der Waals surface area contributed by atoms with Crippen molar-refractivity contribution in [2.75, 3.05) is 31.1 Å². The van der Waals surface area contributed by atoms with Crippen molar-refractivity contribution in [1.29, 1.82) is 0 Å². The smallest absolute Gasteiger partial charge is 0.240 e. The molecule has 1 aliphatic heterocycles. The van der Waals surface area contributed by atoms with Gasteiger partial charge in [0.15, 0.2) is 5.82 Å². The highest BCUT2D eigenvalue weighted by atomic mass is 35.5. The van der Waals surface area contributed by atoms with Crippen molar-refractivity contribution >= 4 is 17.3 Å². The quantitative estimate of drug-likeness (QED) is 0.810. The number of aromatic nitrogens is 2. The zero-order chi connectivity index (χ0) is 16.1. The van der Waals surface area contributed by atoms with E-state index in [-0.39, 0.29) is 0 Å². The van der Waals surface area contributed by atoms with Crippen LogP contribution in [0.3, 0.4) is 0 Å². The van der Waals surface area contributed by atoms with Crippen LogP contribution in [0.25, 0.3) is 0 Å². The van der Waals surface area contributed by atoms with Crippen LogP contribution in [0.2, 0.25) is 5.02 Å². The third-order valence-corrected chi connectivity index (χ3v) is 4.40. The summed E-state index contributed by atoms with van der Waals surface area (Å²) in [6.45, 7) is 6.84. The average molecular weight is 335 g/mol. The maximum atomic E-state index is 6.07. The van der Waals surface area contributed by atoms with Gasteiger partial charge in [-0.25, -0.2) is 0 Å². The van der Waals surface area contributed by atoms with Crippen LogP contribution in [0.4, 0.5) is 5.69 Å². The lowest BCUT2D eigenvalue weighted by atomic mass is 10.2. The molecule has 1 aromatic heterocycles. The minimum absolute atomic E-state index is 0.729. The van der Waals surface area contributed by atoms with Gasteiger partial charge in [0, 0.05) is 43.3 Å². The number of rotatable bonds is 6. The molecular weight excluding hydrogens is 312 g/mol. The summed E-state index contributed by atoms with van der Waals surface area (Å²) in [6.07, 6.45) is 3.16. The second-order valence-corrected chi connectivity index (χ2v) is 6.39. The van der Waals surface area contributed by atoms with E-state index in [1.807, 2.05) is 18.2 Å². The monoisotopic (exact) mass is 334 g/mol. The zero-order valence-electron chi connectivity index (χ0n) is 13.5. The minimum atomic E-state index is 0.729. The van der Waals surface area contributed by atoms with Crippen LogP contribution in [0, 0.1) is 0 Å². The molecule has 0 radical (unpaired) electrons. The summed E-state index contributed by atoms with van der Waals surface area (Å²) in [6, 6.07) is 8.04. The lowest BCUT2D eigenvalue weighted by molar-refractivity contribution is 0.215. The average Bonchev–Trinajstić information content (AvgIpc) is 3.01. The summed E-state index contributed by atoms with van der Waals surface area (Å²) in [5.74, 6) is 1.56. The molecule has 23 heavy (non-hydrogen) atoms. The van der Waals surface area contributed by atoms with Crippen LogP contribution in [-0.2, 0) is 13.0 Å². The fraction of sp³-hybridized carbons (Fsp3) is 0.529. The molecule has 0 amide bonds. The molecule has 1 saturated heterocycles. The van der Waals surface area contributed by atoms with Crippen LogP contribution in [-0.4, -0.2) is 41.2 Å². The molecule has 0 aliphatic carbocycles. The fourth-order valence-electron chi connectivity index (χ4n) is 2.82. The van der Waals surface area contributed by atoms with E-state index in [4.69, 9.17) is 16.1 Å². The molecule has 1 fully saturated rings. The van der Waals surface area contributed by atoms with Crippen molar-refractivity contribution in [3.8, 4) is 0 Å². The third-order valence-electron chi connectivity index (χ3n) is 4.17. The number of unbranched alkanes of at least 4 members (excludes halogenated alkanes) is 1. The van der Waals surface area contributed by atoms with Gasteiger partial charge < -0.3 is 9.42 Å². The Labute approximate surface area is 142 Å². The summed E-state index contributed by atoms with van der Waals surface area (Å²) < 4.78 is 5.36. The SMILES string of the molecule is CCCCc1noc(CN2CCN(c3cccc(Cl)c3)CC2)n1. The Bertz CT molecular complexity index is 623. The molecule has 2 aromatic rings. The van der Waals surface area contributed by atoms with Gasteiger partial charge in [0.2, 0.25) is 5.89 Å². The van der Waals surface area contributed by atoms with Crippen LogP contribution in [0.1, 0.15) is 31.5 Å². The van der Waals surface area contributed by atoms with Gasteiger partial charge in [-0.15, -0.1) is 0 Å². The lowest BCUT2D eigenvalue weighted by Gasteiger charge is -2.35. The predicted molar refractivity (Wildman–Crippen MR) is 91.9 cm³/mol. The second-order valence-electron chi connectivity index (χ2n) is 5.95. The normalized spacial score (nSPS) is 16.0. The molecule has 1 aromatic carbocycles. The molecular formula is C17H23ClN4O. The summed E-state index contributed by atoms with van der Waals surface area (Å²) in [4.78, 5) is 9.20. The van der Waals surface area contributed by atoms with Crippen molar-refractivity contribution in [1.82, 2.24) is 15.0 Å². The number of hydrogen-bond donors (Lipinski definition) is 0. The topological polar surface area (TPSA) is 45.4 Å². The van der Waals surface area contributed by atoms with Crippen LogP contribution in [0.15, 0.2) is 28.8 Å². The lowest BCUT2D eigenvalue weighted by Crippen LogP contribution is -2.46. The largest absolute Gasteiger partial charge is 0.369 e. The van der Waals surface area contributed by atoms with Crippen molar-refractivity contribution in [3.63, 3.8) is 0 Å². The fourth-order valence-corrected chi connectivity index (χ4v) is 3.00. The molecule has 0 atom stereocenters. The highest BCUT2D eigenvalue weighted by Crippen LogP contribution is 2.21. The van der Waals surface area contributed by atoms with Gasteiger partial charge in [-0.1, -0.05) is 36.2 Å². The molecule has 6 heteroatoms. The molecule has 3 rings (SSSR count). The van der Waals surface area contributed by atoms with Gasteiger partial charge in [0.25, 0.3) is 0 Å². The maximum Gasteiger partial charge on any atom is 0.240 e. The Hall–Kier alpha value is -1.59. The molecule has 0 N–H and O–H groups in total. The number of benzene rings is 1. The van der Waals surface area contributed by atoms with Gasteiger partial charge >= 0.3 is 0 Å². The number of aryl methyl sites for hydroxylation is 1. The van der Waals surface area contributed by atoms with Crippen molar-refractivity contribution in [2.24, 2.45) is 0 Å². The molecule has 0 spiro atoms. The zero-order valence-corrected chi connectivity index (χ0v) is 14.3. The van der Waals surface area contributed by atoms with Crippen molar-refractivity contribution in [3.05, 3.63) is 41.0 Å². The van der Waals surface area contributed by atoms with Crippen LogP contribution >= 0.6 is 11.6 Å². The molecule has 1 aliphatic rings. The van der Waals surface area contributed by atoms with E-state index in [0.717, 1.165) is 68.7 Å². The molecule has 0 bridgehead atoms. The molecule has 2 heterocycles. The standard InChI is InChI=1S/C17H23ClN4O/c1-2-3-7-16-19-17(23-20-16)13-21-8-10-22(11-9-21)15-6-4-5-14(18)12-15/h4-6,12H,2-3,7-11,13H2,1H3. The molecule has 124 valence electrons. The number of anilines is 1. The first-order valence-electron chi connectivity index (χ1n) is 8.29. The van der Waals surface area contributed by atoms with Crippen molar-refractivity contribution in [2.45, 2.75) is 32.7 Å². The summed E-state index contributed by atoms with van der Waals surface area (Å²) in [7, 11) is 0. The van der Waals surface area contributed by atoms with E-state index in [0.29, 0.717) is 0 Å².